The van der Waals surface area contributed by atoms with Crippen molar-refractivity contribution in [3.05, 3.63) is 34.9 Å². The second kappa shape index (κ2) is 4.09. The lowest BCUT2D eigenvalue weighted by atomic mass is 9.90. The molecule has 5 atom stereocenters. The number of nitrogens with two attached hydrogens (primary N) is 1. The third-order valence-electron chi connectivity index (χ3n) is 6.37. The molecule has 3 fully saturated rings. The Morgan fingerprint density at radius 1 is 1.11 bits per heavy atom. The Morgan fingerprint density at radius 2 is 1.68 bits per heavy atom. The number of fused-ring (bicyclic) bond motifs is 5. The first-order valence-electron chi connectivity index (χ1n) is 7.97. The van der Waals surface area contributed by atoms with E-state index in [1.54, 1.807) is 0 Å². The Morgan fingerprint density at radius 3 is 2.26 bits per heavy atom. The summed E-state index contributed by atoms with van der Waals surface area (Å²) in [5.41, 5.74) is 10.9. The van der Waals surface area contributed by atoms with Gasteiger partial charge in [0.2, 0.25) is 0 Å². The van der Waals surface area contributed by atoms with E-state index in [2.05, 4.69) is 32.0 Å². The zero-order valence-corrected chi connectivity index (χ0v) is 12.1. The van der Waals surface area contributed by atoms with Crippen LogP contribution >= 0.6 is 0 Å². The lowest BCUT2D eigenvalue weighted by Gasteiger charge is -2.18. The van der Waals surface area contributed by atoms with E-state index >= 15 is 0 Å². The zero-order chi connectivity index (χ0) is 13.1. The molecule has 2 N–H and O–H groups in total. The fraction of sp³-hybridized carbons (Fsp3) is 0.667. The van der Waals surface area contributed by atoms with Crippen molar-refractivity contribution in [2.45, 2.75) is 45.6 Å². The molecule has 2 bridgehead atoms. The van der Waals surface area contributed by atoms with Gasteiger partial charge in [-0.2, -0.15) is 0 Å². The summed E-state index contributed by atoms with van der Waals surface area (Å²) < 4.78 is 0. The van der Waals surface area contributed by atoms with Crippen molar-refractivity contribution in [3.8, 4) is 0 Å². The molecule has 0 aromatic heterocycles. The van der Waals surface area contributed by atoms with E-state index in [1.807, 2.05) is 0 Å². The minimum absolute atomic E-state index is 0.401. The van der Waals surface area contributed by atoms with Crippen LogP contribution in [-0.2, 0) is 6.42 Å². The Bertz CT molecular complexity index is 470. The van der Waals surface area contributed by atoms with Gasteiger partial charge in [0, 0.05) is 6.04 Å². The maximum atomic E-state index is 6.59. The third-order valence-corrected chi connectivity index (χ3v) is 6.37. The van der Waals surface area contributed by atoms with Gasteiger partial charge in [-0.1, -0.05) is 18.2 Å². The maximum absolute atomic E-state index is 6.59. The van der Waals surface area contributed by atoms with E-state index < -0.39 is 0 Å². The SMILES string of the molecule is Cc1cccc(C)c1CC(N)C1C2C3CCC(C3)C12. The van der Waals surface area contributed by atoms with Crippen LogP contribution in [0.15, 0.2) is 18.2 Å². The van der Waals surface area contributed by atoms with Crippen LogP contribution in [0.1, 0.15) is 36.0 Å². The van der Waals surface area contributed by atoms with Gasteiger partial charge in [0.05, 0.1) is 0 Å². The number of hydrogen-bond donors (Lipinski definition) is 1. The normalized spacial score (nSPS) is 40.3. The van der Waals surface area contributed by atoms with E-state index in [0.717, 1.165) is 36.0 Å². The highest BCUT2D eigenvalue weighted by Crippen LogP contribution is 2.70. The average Bonchev–Trinajstić information content (AvgIpc) is 2.83. The van der Waals surface area contributed by atoms with Crippen molar-refractivity contribution in [1.82, 2.24) is 0 Å². The minimum atomic E-state index is 0.401. The monoisotopic (exact) mass is 255 g/mol. The Labute approximate surface area is 116 Å². The second-order valence-corrected chi connectivity index (χ2v) is 7.30. The molecule has 0 aliphatic heterocycles. The van der Waals surface area contributed by atoms with Crippen molar-refractivity contribution >= 4 is 0 Å². The standard InChI is InChI=1S/C18H25N/c1-10-4-3-5-11(2)14(10)9-15(19)18-16-12-6-7-13(8-12)17(16)18/h3-5,12-13,15-18H,6-9,19H2,1-2H3. The zero-order valence-electron chi connectivity index (χ0n) is 12.1. The first-order chi connectivity index (χ1) is 9.16. The van der Waals surface area contributed by atoms with Crippen LogP contribution in [-0.4, -0.2) is 6.04 Å². The van der Waals surface area contributed by atoms with Crippen LogP contribution in [0.2, 0.25) is 0 Å². The van der Waals surface area contributed by atoms with Gasteiger partial charge in [-0.15, -0.1) is 0 Å². The lowest BCUT2D eigenvalue weighted by molar-refractivity contribution is 0.409. The molecule has 1 aromatic carbocycles. The average molecular weight is 255 g/mol. The van der Waals surface area contributed by atoms with E-state index in [-0.39, 0.29) is 0 Å². The second-order valence-electron chi connectivity index (χ2n) is 7.30. The fourth-order valence-electron chi connectivity index (χ4n) is 5.51. The summed E-state index contributed by atoms with van der Waals surface area (Å²) in [6.07, 6.45) is 5.62. The van der Waals surface area contributed by atoms with Crippen molar-refractivity contribution in [1.29, 1.82) is 0 Å². The van der Waals surface area contributed by atoms with Gasteiger partial charge in [-0.3, -0.25) is 0 Å². The molecule has 0 spiro atoms. The molecule has 102 valence electrons. The molecule has 1 nitrogen and oxygen atoms in total. The van der Waals surface area contributed by atoms with E-state index in [4.69, 9.17) is 5.73 Å². The summed E-state index contributed by atoms with van der Waals surface area (Å²) in [7, 11) is 0. The molecule has 5 unspecified atom stereocenters. The Kier molecular flexibility index (Phi) is 2.57. The predicted octanol–water partition coefficient (Wildman–Crippen LogP) is 3.47. The van der Waals surface area contributed by atoms with Gasteiger partial charge in [0.15, 0.2) is 0 Å². The Balaban J connectivity index is 1.50. The number of aryl methyl sites for hydroxylation is 2. The quantitative estimate of drug-likeness (QED) is 0.879. The molecule has 0 amide bonds. The van der Waals surface area contributed by atoms with Crippen LogP contribution < -0.4 is 5.73 Å². The number of benzene rings is 1. The van der Waals surface area contributed by atoms with Crippen LogP contribution in [0, 0.1) is 43.4 Å². The van der Waals surface area contributed by atoms with Crippen molar-refractivity contribution < 1.29 is 0 Å². The molecule has 3 aliphatic rings. The molecular weight excluding hydrogens is 230 g/mol. The largest absolute Gasteiger partial charge is 0.327 e. The van der Waals surface area contributed by atoms with Gasteiger partial charge in [-0.05, 0) is 85.8 Å². The summed E-state index contributed by atoms with van der Waals surface area (Å²) in [6, 6.07) is 7.02. The molecule has 1 heteroatoms. The van der Waals surface area contributed by atoms with Crippen molar-refractivity contribution in [3.63, 3.8) is 0 Å². The van der Waals surface area contributed by atoms with Crippen LogP contribution in [0.3, 0.4) is 0 Å². The molecule has 3 aliphatic carbocycles. The van der Waals surface area contributed by atoms with Crippen LogP contribution in [0.4, 0.5) is 0 Å². The highest BCUT2D eigenvalue weighted by atomic mass is 14.8. The summed E-state index contributed by atoms with van der Waals surface area (Å²) in [5, 5.41) is 0. The maximum Gasteiger partial charge on any atom is 0.0114 e. The number of hydrogen-bond acceptors (Lipinski definition) is 1. The smallest absolute Gasteiger partial charge is 0.0114 e. The lowest BCUT2D eigenvalue weighted by Crippen LogP contribution is -2.29. The molecule has 0 radical (unpaired) electrons. The summed E-state index contributed by atoms with van der Waals surface area (Å²) >= 11 is 0. The van der Waals surface area contributed by atoms with Gasteiger partial charge >= 0.3 is 0 Å². The molecule has 0 heterocycles. The summed E-state index contributed by atoms with van der Waals surface area (Å²) in [4.78, 5) is 0. The van der Waals surface area contributed by atoms with Crippen molar-refractivity contribution in [2.24, 2.45) is 35.3 Å². The van der Waals surface area contributed by atoms with Crippen LogP contribution in [0.5, 0.6) is 0 Å². The topological polar surface area (TPSA) is 26.0 Å². The van der Waals surface area contributed by atoms with Crippen LogP contribution in [0.25, 0.3) is 0 Å². The van der Waals surface area contributed by atoms with E-state index in [1.165, 1.54) is 36.0 Å². The Hall–Kier alpha value is -0.820. The van der Waals surface area contributed by atoms with Gasteiger partial charge in [-0.25, -0.2) is 0 Å². The summed E-state index contributed by atoms with van der Waals surface area (Å²) in [6.45, 7) is 4.46. The van der Waals surface area contributed by atoms with Gasteiger partial charge in [0.25, 0.3) is 0 Å². The molecule has 0 saturated heterocycles. The first kappa shape index (κ1) is 12.0. The molecule has 4 rings (SSSR count). The highest BCUT2D eigenvalue weighted by Gasteiger charge is 2.65. The number of rotatable bonds is 3. The predicted molar refractivity (Wildman–Crippen MR) is 78.9 cm³/mol. The van der Waals surface area contributed by atoms with Gasteiger partial charge in [0.1, 0.15) is 0 Å². The molecular formula is C18H25N. The molecule has 1 aromatic rings. The van der Waals surface area contributed by atoms with E-state index in [0.29, 0.717) is 6.04 Å². The summed E-state index contributed by atoms with van der Waals surface area (Å²) in [5.74, 6) is 4.97. The highest BCUT2D eigenvalue weighted by molar-refractivity contribution is 5.34. The minimum Gasteiger partial charge on any atom is -0.327 e. The van der Waals surface area contributed by atoms with Gasteiger partial charge < -0.3 is 5.73 Å². The fourth-order valence-corrected chi connectivity index (χ4v) is 5.51. The molecule has 3 saturated carbocycles. The molecule has 19 heavy (non-hydrogen) atoms. The first-order valence-corrected chi connectivity index (χ1v) is 7.97. The van der Waals surface area contributed by atoms with E-state index in [9.17, 15) is 0 Å². The van der Waals surface area contributed by atoms with Crippen molar-refractivity contribution in [2.75, 3.05) is 0 Å². The third kappa shape index (κ3) is 1.71.